The molecule has 0 aliphatic heterocycles. The van der Waals surface area contributed by atoms with E-state index in [1.165, 1.54) is 25.7 Å². The van der Waals surface area contributed by atoms with E-state index >= 15 is 0 Å². The summed E-state index contributed by atoms with van der Waals surface area (Å²) >= 11 is 0. The molecule has 0 aromatic carbocycles. The Kier molecular flexibility index (Phi) is 4.38. The number of nitrogens with zero attached hydrogens (tertiary/aromatic N) is 2. The molecule has 0 radical (unpaired) electrons. The van der Waals surface area contributed by atoms with Gasteiger partial charge in [-0.2, -0.15) is 5.10 Å². The summed E-state index contributed by atoms with van der Waals surface area (Å²) in [6, 6.07) is 0.337. The SMILES string of the molecule is Cc1nn(C(C)C)c(NCC2CCCC(C)C2)c1N. The number of rotatable bonds is 4. The standard InChI is InChI=1S/C15H28N4/c1-10(2)19-15(14(16)12(4)18-19)17-9-13-7-5-6-11(3)8-13/h10-11,13,17H,5-9,16H2,1-4H3. The first kappa shape index (κ1) is 14.2. The second kappa shape index (κ2) is 5.85. The van der Waals surface area contributed by atoms with Crippen molar-refractivity contribution < 1.29 is 0 Å². The van der Waals surface area contributed by atoms with Gasteiger partial charge in [0.25, 0.3) is 0 Å². The van der Waals surface area contributed by atoms with Gasteiger partial charge in [-0.25, -0.2) is 4.68 Å². The van der Waals surface area contributed by atoms with E-state index in [9.17, 15) is 0 Å². The van der Waals surface area contributed by atoms with Crippen LogP contribution in [0.5, 0.6) is 0 Å². The molecule has 0 amide bonds. The van der Waals surface area contributed by atoms with Crippen molar-refractivity contribution in [2.24, 2.45) is 11.8 Å². The molecule has 1 aromatic heterocycles. The first-order valence-electron chi connectivity index (χ1n) is 7.57. The molecular formula is C15H28N4. The molecule has 1 fully saturated rings. The van der Waals surface area contributed by atoms with E-state index < -0.39 is 0 Å². The average molecular weight is 264 g/mol. The van der Waals surface area contributed by atoms with Crippen LogP contribution < -0.4 is 11.1 Å². The summed E-state index contributed by atoms with van der Waals surface area (Å²) < 4.78 is 2.01. The number of aryl methyl sites for hydroxylation is 1. The third-order valence-electron chi connectivity index (χ3n) is 4.22. The van der Waals surface area contributed by atoms with Gasteiger partial charge in [-0.05, 0) is 45.4 Å². The number of nitrogen functional groups attached to an aromatic ring is 1. The van der Waals surface area contributed by atoms with Crippen LogP contribution in [0.25, 0.3) is 0 Å². The van der Waals surface area contributed by atoms with E-state index in [1.54, 1.807) is 0 Å². The Labute approximate surface area is 116 Å². The highest BCUT2D eigenvalue weighted by atomic mass is 15.4. The van der Waals surface area contributed by atoms with E-state index in [0.29, 0.717) is 6.04 Å². The van der Waals surface area contributed by atoms with Crippen LogP contribution in [0.15, 0.2) is 0 Å². The van der Waals surface area contributed by atoms with Crippen molar-refractivity contribution in [3.8, 4) is 0 Å². The van der Waals surface area contributed by atoms with Gasteiger partial charge in [-0.1, -0.05) is 19.8 Å². The van der Waals surface area contributed by atoms with Gasteiger partial charge in [0, 0.05) is 12.6 Å². The number of hydrogen-bond donors (Lipinski definition) is 2. The topological polar surface area (TPSA) is 55.9 Å². The largest absolute Gasteiger partial charge is 0.394 e. The van der Waals surface area contributed by atoms with Gasteiger partial charge in [-0.3, -0.25) is 0 Å². The van der Waals surface area contributed by atoms with Crippen molar-refractivity contribution in [2.45, 2.75) is 59.4 Å². The molecule has 1 aliphatic carbocycles. The average Bonchev–Trinajstić information content (AvgIpc) is 2.64. The van der Waals surface area contributed by atoms with Crippen LogP contribution in [0.1, 0.15) is 58.2 Å². The Hall–Kier alpha value is -1.19. The monoisotopic (exact) mass is 264 g/mol. The summed E-state index contributed by atoms with van der Waals surface area (Å²) in [6.45, 7) is 9.64. The minimum absolute atomic E-state index is 0.337. The Morgan fingerprint density at radius 3 is 2.79 bits per heavy atom. The lowest BCUT2D eigenvalue weighted by Gasteiger charge is -2.27. The van der Waals surface area contributed by atoms with E-state index in [2.05, 4.69) is 31.2 Å². The third-order valence-corrected chi connectivity index (χ3v) is 4.22. The number of nitrogens with one attached hydrogen (secondary N) is 1. The minimum Gasteiger partial charge on any atom is -0.394 e. The molecule has 1 saturated carbocycles. The zero-order chi connectivity index (χ0) is 14.0. The molecule has 1 aliphatic rings. The lowest BCUT2D eigenvalue weighted by Crippen LogP contribution is -2.22. The fraction of sp³-hybridized carbons (Fsp3) is 0.800. The van der Waals surface area contributed by atoms with Gasteiger partial charge >= 0.3 is 0 Å². The Balaban J connectivity index is 2.02. The van der Waals surface area contributed by atoms with Crippen LogP contribution in [-0.4, -0.2) is 16.3 Å². The van der Waals surface area contributed by atoms with Crippen LogP contribution in [0.4, 0.5) is 11.5 Å². The van der Waals surface area contributed by atoms with E-state index in [0.717, 1.165) is 35.6 Å². The maximum atomic E-state index is 6.14. The Morgan fingerprint density at radius 2 is 2.16 bits per heavy atom. The molecule has 1 aromatic rings. The lowest BCUT2D eigenvalue weighted by atomic mass is 9.82. The third kappa shape index (κ3) is 3.23. The number of anilines is 2. The molecule has 4 nitrogen and oxygen atoms in total. The minimum atomic E-state index is 0.337. The van der Waals surface area contributed by atoms with Crippen LogP contribution in [-0.2, 0) is 0 Å². The van der Waals surface area contributed by atoms with Crippen molar-refractivity contribution in [3.63, 3.8) is 0 Å². The van der Waals surface area contributed by atoms with Gasteiger partial charge in [0.1, 0.15) is 5.82 Å². The highest BCUT2D eigenvalue weighted by Crippen LogP contribution is 2.30. The molecule has 19 heavy (non-hydrogen) atoms. The summed E-state index contributed by atoms with van der Waals surface area (Å²) in [7, 11) is 0. The molecule has 0 saturated heterocycles. The summed E-state index contributed by atoms with van der Waals surface area (Å²) in [5.74, 6) is 2.65. The predicted octanol–water partition coefficient (Wildman–Crippen LogP) is 3.59. The van der Waals surface area contributed by atoms with Crippen LogP contribution in [0.3, 0.4) is 0 Å². The summed E-state index contributed by atoms with van der Waals surface area (Å²) in [5, 5.41) is 8.07. The fourth-order valence-electron chi connectivity index (χ4n) is 3.10. The predicted molar refractivity (Wildman–Crippen MR) is 81.4 cm³/mol. The Bertz CT molecular complexity index is 422. The molecule has 0 spiro atoms. The summed E-state index contributed by atoms with van der Waals surface area (Å²) in [5.41, 5.74) is 7.87. The molecule has 108 valence electrons. The molecular weight excluding hydrogens is 236 g/mol. The van der Waals surface area contributed by atoms with E-state index in [4.69, 9.17) is 5.73 Å². The van der Waals surface area contributed by atoms with E-state index in [1.807, 2.05) is 11.6 Å². The maximum Gasteiger partial charge on any atom is 0.148 e. The first-order chi connectivity index (χ1) is 8.99. The van der Waals surface area contributed by atoms with Crippen molar-refractivity contribution in [2.75, 3.05) is 17.6 Å². The van der Waals surface area contributed by atoms with Crippen molar-refractivity contribution >= 4 is 11.5 Å². The van der Waals surface area contributed by atoms with Gasteiger partial charge in [0.05, 0.1) is 11.4 Å². The van der Waals surface area contributed by atoms with Gasteiger partial charge in [-0.15, -0.1) is 0 Å². The van der Waals surface area contributed by atoms with Gasteiger partial charge in [0.2, 0.25) is 0 Å². The summed E-state index contributed by atoms with van der Waals surface area (Å²) in [4.78, 5) is 0. The molecule has 1 heterocycles. The molecule has 2 unspecified atom stereocenters. The zero-order valence-corrected chi connectivity index (χ0v) is 12.7. The molecule has 2 atom stereocenters. The summed E-state index contributed by atoms with van der Waals surface area (Å²) in [6.07, 6.45) is 5.43. The second-order valence-electron chi connectivity index (χ2n) is 6.40. The smallest absolute Gasteiger partial charge is 0.148 e. The highest BCUT2D eigenvalue weighted by molar-refractivity contribution is 5.64. The fourth-order valence-corrected chi connectivity index (χ4v) is 3.10. The maximum absolute atomic E-state index is 6.14. The van der Waals surface area contributed by atoms with Gasteiger partial charge in [0.15, 0.2) is 0 Å². The van der Waals surface area contributed by atoms with Crippen molar-refractivity contribution in [1.29, 1.82) is 0 Å². The van der Waals surface area contributed by atoms with Crippen molar-refractivity contribution in [3.05, 3.63) is 5.69 Å². The molecule has 3 N–H and O–H groups in total. The normalized spacial score (nSPS) is 23.8. The van der Waals surface area contributed by atoms with Gasteiger partial charge < -0.3 is 11.1 Å². The van der Waals surface area contributed by atoms with Crippen LogP contribution in [0.2, 0.25) is 0 Å². The number of aromatic nitrogens is 2. The van der Waals surface area contributed by atoms with E-state index in [-0.39, 0.29) is 0 Å². The number of nitrogens with two attached hydrogens (primary N) is 1. The Morgan fingerprint density at radius 1 is 1.42 bits per heavy atom. The molecule has 4 heteroatoms. The van der Waals surface area contributed by atoms with Crippen LogP contribution in [0, 0.1) is 18.8 Å². The second-order valence-corrected chi connectivity index (χ2v) is 6.40. The first-order valence-corrected chi connectivity index (χ1v) is 7.57. The van der Waals surface area contributed by atoms with Crippen LogP contribution >= 0.6 is 0 Å². The quantitative estimate of drug-likeness (QED) is 0.873. The lowest BCUT2D eigenvalue weighted by molar-refractivity contribution is 0.293. The number of hydrogen-bond acceptors (Lipinski definition) is 3. The molecule has 2 rings (SSSR count). The molecule has 0 bridgehead atoms. The zero-order valence-electron chi connectivity index (χ0n) is 12.7. The van der Waals surface area contributed by atoms with Crippen molar-refractivity contribution in [1.82, 2.24) is 9.78 Å². The highest BCUT2D eigenvalue weighted by Gasteiger charge is 2.20.